The van der Waals surface area contributed by atoms with Crippen molar-refractivity contribution in [3.63, 3.8) is 0 Å². The number of hydrogen-bond donors (Lipinski definition) is 3. The third kappa shape index (κ3) is 6.73. The summed E-state index contributed by atoms with van der Waals surface area (Å²) < 4.78 is 56.5. The summed E-state index contributed by atoms with van der Waals surface area (Å²) in [5.74, 6) is -0.602. The van der Waals surface area contributed by atoms with Gasteiger partial charge in [0.05, 0.1) is 20.4 Å². The number of aryl methyl sites for hydroxylation is 1. The first-order valence-corrected chi connectivity index (χ1v) is 15.2. The summed E-state index contributed by atoms with van der Waals surface area (Å²) in [6.45, 7) is 1.85. The van der Waals surface area contributed by atoms with Crippen LogP contribution in [0.1, 0.15) is 15.9 Å². The lowest BCUT2D eigenvalue weighted by molar-refractivity contribution is 0.102. The second kappa shape index (κ2) is 11.2. The molecule has 0 heterocycles. The fourth-order valence-corrected chi connectivity index (χ4v) is 5.92. The number of benzene rings is 4. The van der Waals surface area contributed by atoms with Crippen LogP contribution in [0, 0.1) is 6.92 Å². The molecule has 8 nitrogen and oxygen atoms in total. The van der Waals surface area contributed by atoms with Gasteiger partial charge in [-0.3, -0.25) is 14.2 Å². The molecule has 4 aromatic rings. The van der Waals surface area contributed by atoms with E-state index in [9.17, 15) is 21.6 Å². The monoisotopic (exact) mass is 633 g/mol. The fourth-order valence-electron chi connectivity index (χ4n) is 3.34. The maximum atomic E-state index is 12.9. The number of carbonyl (C=O) groups excluding carboxylic acids is 1. The molecular formula is C26H21BrClN3O5S2. The van der Waals surface area contributed by atoms with Gasteiger partial charge >= 0.3 is 0 Å². The summed E-state index contributed by atoms with van der Waals surface area (Å²) in [4.78, 5) is 13.0. The Balaban J connectivity index is 1.48. The molecule has 0 aliphatic rings. The first-order valence-electron chi connectivity index (χ1n) is 11.0. The van der Waals surface area contributed by atoms with Gasteiger partial charge in [-0.1, -0.05) is 45.2 Å². The van der Waals surface area contributed by atoms with Crippen LogP contribution < -0.4 is 14.8 Å². The lowest BCUT2D eigenvalue weighted by Crippen LogP contribution is -2.16. The van der Waals surface area contributed by atoms with Gasteiger partial charge in [0, 0.05) is 21.5 Å². The van der Waals surface area contributed by atoms with E-state index >= 15 is 0 Å². The molecule has 0 atom stereocenters. The molecule has 0 saturated carbocycles. The molecule has 0 aliphatic carbocycles. The standard InChI is InChI=1S/C26H21BrClN3O5S2/c1-17-2-11-22(12-3-17)38(35,36)31-21-10-15-25(28)24(16-21)26(32)29-19-8-13-23(14-9-19)37(33,34)30-20-6-4-18(27)5-7-20/h2-16,30-31H,1H3,(H,29,32). The number of hydrogen-bond acceptors (Lipinski definition) is 5. The van der Waals surface area contributed by atoms with Crippen molar-refractivity contribution < 1.29 is 21.6 Å². The topological polar surface area (TPSA) is 121 Å². The second-order valence-electron chi connectivity index (χ2n) is 8.20. The highest BCUT2D eigenvalue weighted by Crippen LogP contribution is 2.25. The zero-order chi connectivity index (χ0) is 27.5. The second-order valence-corrected chi connectivity index (χ2v) is 12.9. The smallest absolute Gasteiger partial charge is 0.261 e. The van der Waals surface area contributed by atoms with Crippen LogP contribution in [0.4, 0.5) is 17.1 Å². The Hall–Kier alpha value is -3.38. The van der Waals surface area contributed by atoms with Crippen LogP contribution >= 0.6 is 27.5 Å². The van der Waals surface area contributed by atoms with E-state index in [1.165, 1.54) is 54.6 Å². The molecule has 12 heteroatoms. The summed E-state index contributed by atoms with van der Waals surface area (Å²) in [6, 6.07) is 22.8. The van der Waals surface area contributed by atoms with Gasteiger partial charge in [0.15, 0.2) is 0 Å². The van der Waals surface area contributed by atoms with Crippen LogP contribution in [0.25, 0.3) is 0 Å². The predicted molar refractivity (Wildman–Crippen MR) is 153 cm³/mol. The van der Waals surface area contributed by atoms with Crippen LogP contribution in [0.3, 0.4) is 0 Å². The minimum Gasteiger partial charge on any atom is -0.322 e. The summed E-state index contributed by atoms with van der Waals surface area (Å²) >= 11 is 9.50. The number of halogens is 2. The van der Waals surface area contributed by atoms with Crippen molar-refractivity contribution in [2.24, 2.45) is 0 Å². The Kier molecular flexibility index (Phi) is 8.12. The highest BCUT2D eigenvalue weighted by molar-refractivity contribution is 9.10. The van der Waals surface area contributed by atoms with E-state index in [2.05, 4.69) is 30.7 Å². The predicted octanol–water partition coefficient (Wildman–Crippen LogP) is 6.26. The largest absolute Gasteiger partial charge is 0.322 e. The molecule has 1 amide bonds. The first kappa shape index (κ1) is 27.6. The molecule has 0 aromatic heterocycles. The quantitative estimate of drug-likeness (QED) is 0.211. The minimum absolute atomic E-state index is 0.00367. The highest BCUT2D eigenvalue weighted by Gasteiger charge is 2.18. The summed E-state index contributed by atoms with van der Waals surface area (Å²) in [5.41, 5.74) is 1.82. The van der Waals surface area contributed by atoms with E-state index < -0.39 is 26.0 Å². The molecule has 0 saturated heterocycles. The molecule has 4 aromatic carbocycles. The van der Waals surface area contributed by atoms with Gasteiger partial charge in [0.25, 0.3) is 26.0 Å². The van der Waals surface area contributed by atoms with E-state index in [0.717, 1.165) is 10.0 Å². The van der Waals surface area contributed by atoms with Crippen LogP contribution in [-0.4, -0.2) is 22.7 Å². The number of anilines is 3. The molecular weight excluding hydrogens is 614 g/mol. The fraction of sp³-hybridized carbons (Fsp3) is 0.0385. The summed E-state index contributed by atoms with van der Waals surface area (Å²) in [5, 5.41) is 2.75. The maximum Gasteiger partial charge on any atom is 0.261 e. The van der Waals surface area contributed by atoms with Crippen LogP contribution in [0.5, 0.6) is 0 Å². The van der Waals surface area contributed by atoms with Gasteiger partial charge in [0.1, 0.15) is 0 Å². The van der Waals surface area contributed by atoms with E-state index in [-0.39, 0.29) is 26.1 Å². The van der Waals surface area contributed by atoms with E-state index in [0.29, 0.717) is 11.4 Å². The Morgan fingerprint density at radius 3 is 1.74 bits per heavy atom. The van der Waals surface area contributed by atoms with Gasteiger partial charge in [0.2, 0.25) is 0 Å². The number of carbonyl (C=O) groups is 1. The molecule has 0 spiro atoms. The highest BCUT2D eigenvalue weighted by atomic mass is 79.9. The van der Waals surface area contributed by atoms with Gasteiger partial charge in [-0.05, 0) is 85.8 Å². The average molecular weight is 635 g/mol. The van der Waals surface area contributed by atoms with Gasteiger partial charge in [-0.2, -0.15) is 0 Å². The Labute approximate surface area is 234 Å². The molecule has 3 N–H and O–H groups in total. The lowest BCUT2D eigenvalue weighted by Gasteiger charge is -2.12. The third-order valence-corrected chi connectivity index (χ3v) is 8.97. The third-order valence-electron chi connectivity index (χ3n) is 5.31. The first-order chi connectivity index (χ1) is 17.9. The Morgan fingerprint density at radius 2 is 1.16 bits per heavy atom. The van der Waals surface area contributed by atoms with Crippen molar-refractivity contribution in [2.45, 2.75) is 16.7 Å². The number of nitrogens with one attached hydrogen (secondary N) is 3. The van der Waals surface area contributed by atoms with Crippen molar-refractivity contribution in [3.05, 3.63) is 112 Å². The summed E-state index contributed by atoms with van der Waals surface area (Å²) in [6.07, 6.45) is 0. The molecule has 0 unspecified atom stereocenters. The van der Waals surface area contributed by atoms with Crippen molar-refractivity contribution >= 4 is 70.5 Å². The molecule has 196 valence electrons. The normalized spacial score (nSPS) is 11.6. The minimum atomic E-state index is -3.88. The van der Waals surface area contributed by atoms with Crippen molar-refractivity contribution in [3.8, 4) is 0 Å². The molecule has 4 rings (SSSR count). The molecule has 0 bridgehead atoms. The number of sulfonamides is 2. The van der Waals surface area contributed by atoms with Crippen molar-refractivity contribution in [1.82, 2.24) is 0 Å². The molecule has 0 fully saturated rings. The van der Waals surface area contributed by atoms with Crippen LogP contribution in [-0.2, 0) is 20.0 Å². The zero-order valence-electron chi connectivity index (χ0n) is 19.8. The Bertz CT molecular complexity index is 1690. The zero-order valence-corrected chi connectivity index (χ0v) is 23.7. The molecule has 0 aliphatic heterocycles. The van der Waals surface area contributed by atoms with Gasteiger partial charge in [-0.15, -0.1) is 0 Å². The summed E-state index contributed by atoms with van der Waals surface area (Å²) in [7, 11) is -7.72. The lowest BCUT2D eigenvalue weighted by atomic mass is 10.2. The van der Waals surface area contributed by atoms with Crippen LogP contribution in [0.15, 0.2) is 105 Å². The average Bonchev–Trinajstić information content (AvgIpc) is 2.87. The Morgan fingerprint density at radius 1 is 0.684 bits per heavy atom. The SMILES string of the molecule is Cc1ccc(S(=O)(=O)Nc2ccc(Cl)c(C(=O)Nc3ccc(S(=O)(=O)Nc4ccc(Br)cc4)cc3)c2)cc1. The van der Waals surface area contributed by atoms with Crippen molar-refractivity contribution in [1.29, 1.82) is 0 Å². The van der Waals surface area contributed by atoms with Crippen LogP contribution in [0.2, 0.25) is 5.02 Å². The number of amides is 1. The van der Waals surface area contributed by atoms with E-state index in [4.69, 9.17) is 11.6 Å². The molecule has 0 radical (unpaired) electrons. The van der Waals surface area contributed by atoms with Gasteiger partial charge < -0.3 is 5.32 Å². The van der Waals surface area contributed by atoms with E-state index in [1.807, 2.05) is 6.92 Å². The maximum absolute atomic E-state index is 12.9. The molecule has 38 heavy (non-hydrogen) atoms. The van der Waals surface area contributed by atoms with Gasteiger partial charge in [-0.25, -0.2) is 16.8 Å². The number of rotatable bonds is 8. The van der Waals surface area contributed by atoms with Crippen molar-refractivity contribution in [2.75, 3.05) is 14.8 Å². The van der Waals surface area contributed by atoms with E-state index in [1.54, 1.807) is 36.4 Å².